The molecule has 3 rings (SSSR count). The highest BCUT2D eigenvalue weighted by Crippen LogP contribution is 2.21. The average Bonchev–Trinajstić information content (AvgIpc) is 3.24. The number of thiophene rings is 1. The highest BCUT2D eigenvalue weighted by molar-refractivity contribution is 7.09. The molecule has 24 heavy (non-hydrogen) atoms. The van der Waals surface area contributed by atoms with Gasteiger partial charge in [0.25, 0.3) is 0 Å². The van der Waals surface area contributed by atoms with Crippen LogP contribution in [0.15, 0.2) is 29.9 Å². The first kappa shape index (κ1) is 17.6. The van der Waals surface area contributed by atoms with Crippen LogP contribution in [0.4, 0.5) is 0 Å². The Kier molecular flexibility index (Phi) is 6.09. The number of rotatable bonds is 7. The van der Waals surface area contributed by atoms with Gasteiger partial charge in [0.2, 0.25) is 0 Å². The summed E-state index contributed by atoms with van der Waals surface area (Å²) in [7, 11) is 0. The normalized spacial score (nSPS) is 20.6. The molecule has 2 aromatic heterocycles. The molecule has 5 heteroatoms. The van der Waals surface area contributed by atoms with E-state index in [1.54, 1.807) is 0 Å². The Hall–Kier alpha value is -1.17. The third-order valence-corrected chi connectivity index (χ3v) is 5.79. The maximum atomic E-state index is 4.45. The second-order valence-corrected chi connectivity index (χ2v) is 8.33. The Morgan fingerprint density at radius 3 is 2.96 bits per heavy atom. The molecule has 1 saturated heterocycles. The molecule has 1 aliphatic rings. The van der Waals surface area contributed by atoms with Crippen molar-refractivity contribution in [3.8, 4) is 0 Å². The fourth-order valence-electron chi connectivity index (χ4n) is 3.40. The minimum atomic E-state index is 0.366. The van der Waals surface area contributed by atoms with E-state index in [2.05, 4.69) is 59.8 Å². The molecule has 0 saturated carbocycles. The predicted molar refractivity (Wildman–Crippen MR) is 101 cm³/mol. The van der Waals surface area contributed by atoms with Gasteiger partial charge >= 0.3 is 0 Å². The summed E-state index contributed by atoms with van der Waals surface area (Å²) in [5, 5.41) is 10.4. The summed E-state index contributed by atoms with van der Waals surface area (Å²) in [6.45, 7) is 11.2. The molecule has 1 aliphatic heterocycles. The predicted octanol–water partition coefficient (Wildman–Crippen LogP) is 4.09. The first-order chi connectivity index (χ1) is 11.6. The van der Waals surface area contributed by atoms with Crippen molar-refractivity contribution in [2.24, 2.45) is 5.92 Å². The van der Waals surface area contributed by atoms with Gasteiger partial charge in [0, 0.05) is 41.8 Å². The van der Waals surface area contributed by atoms with Crippen LogP contribution in [0.25, 0.3) is 0 Å². The van der Waals surface area contributed by atoms with Gasteiger partial charge in [-0.15, -0.1) is 11.3 Å². The Morgan fingerprint density at radius 1 is 1.38 bits per heavy atom. The van der Waals surface area contributed by atoms with Crippen LogP contribution in [0, 0.1) is 5.92 Å². The van der Waals surface area contributed by atoms with Crippen LogP contribution in [0.1, 0.15) is 56.1 Å². The number of nitrogens with zero attached hydrogens (tertiary/aromatic N) is 3. The number of hydrogen-bond donors (Lipinski definition) is 1. The summed E-state index contributed by atoms with van der Waals surface area (Å²) in [5.41, 5.74) is 1.29. The lowest BCUT2D eigenvalue weighted by molar-refractivity contribution is 0.164. The third-order valence-electron chi connectivity index (χ3n) is 4.93. The lowest BCUT2D eigenvalue weighted by Gasteiger charge is -2.33. The molecule has 2 atom stereocenters. The zero-order valence-corrected chi connectivity index (χ0v) is 15.9. The summed E-state index contributed by atoms with van der Waals surface area (Å²) in [4.78, 5) is 4.10. The summed E-state index contributed by atoms with van der Waals surface area (Å²) < 4.78 is 2.04. The lowest BCUT2D eigenvalue weighted by atomic mass is 9.97. The van der Waals surface area contributed by atoms with Gasteiger partial charge in [-0.05, 0) is 64.1 Å². The van der Waals surface area contributed by atoms with E-state index in [0.29, 0.717) is 12.1 Å². The molecule has 0 radical (unpaired) electrons. The topological polar surface area (TPSA) is 33.1 Å². The molecule has 1 N–H and O–H groups in total. The van der Waals surface area contributed by atoms with Gasteiger partial charge in [0.05, 0.1) is 6.20 Å². The monoisotopic (exact) mass is 346 g/mol. The summed E-state index contributed by atoms with van der Waals surface area (Å²) in [5.74, 6) is 0.751. The molecule has 0 amide bonds. The van der Waals surface area contributed by atoms with Crippen molar-refractivity contribution < 1.29 is 0 Å². The molecule has 4 nitrogen and oxygen atoms in total. The zero-order valence-electron chi connectivity index (χ0n) is 15.1. The summed E-state index contributed by atoms with van der Waals surface area (Å²) >= 11 is 1.87. The van der Waals surface area contributed by atoms with Gasteiger partial charge < -0.3 is 5.32 Å². The average molecular weight is 347 g/mol. The quantitative estimate of drug-likeness (QED) is 0.820. The molecule has 0 aromatic carbocycles. The molecule has 132 valence electrons. The van der Waals surface area contributed by atoms with Gasteiger partial charge in [-0.3, -0.25) is 9.58 Å². The Bertz CT molecular complexity index is 605. The fourth-order valence-corrected chi connectivity index (χ4v) is 4.15. The van der Waals surface area contributed by atoms with Crippen molar-refractivity contribution in [2.75, 3.05) is 19.6 Å². The van der Waals surface area contributed by atoms with E-state index in [9.17, 15) is 0 Å². The van der Waals surface area contributed by atoms with Crippen molar-refractivity contribution in [3.63, 3.8) is 0 Å². The molecule has 3 heterocycles. The number of aromatic nitrogens is 2. The lowest BCUT2D eigenvalue weighted by Crippen LogP contribution is -2.39. The van der Waals surface area contributed by atoms with Crippen LogP contribution in [0.3, 0.4) is 0 Å². The summed E-state index contributed by atoms with van der Waals surface area (Å²) in [6, 6.07) is 5.20. The van der Waals surface area contributed by atoms with Crippen molar-refractivity contribution >= 4 is 11.3 Å². The third kappa shape index (κ3) is 4.68. The van der Waals surface area contributed by atoms with E-state index in [0.717, 1.165) is 19.0 Å². The summed E-state index contributed by atoms with van der Waals surface area (Å²) in [6.07, 6.45) is 6.83. The van der Waals surface area contributed by atoms with E-state index in [1.807, 2.05) is 22.2 Å². The minimum Gasteiger partial charge on any atom is -0.310 e. The van der Waals surface area contributed by atoms with Gasteiger partial charge in [0.15, 0.2) is 0 Å². The second-order valence-electron chi connectivity index (χ2n) is 7.30. The Morgan fingerprint density at radius 2 is 2.25 bits per heavy atom. The van der Waals surface area contributed by atoms with Gasteiger partial charge in [0.1, 0.15) is 0 Å². The first-order valence-electron chi connectivity index (χ1n) is 9.14. The minimum absolute atomic E-state index is 0.366. The molecular formula is C19H30N4S. The molecular weight excluding hydrogens is 316 g/mol. The second kappa shape index (κ2) is 8.28. The Balaban J connectivity index is 1.46. The molecule has 0 aliphatic carbocycles. The molecule has 0 spiro atoms. The van der Waals surface area contributed by atoms with Crippen molar-refractivity contribution in [2.45, 2.75) is 52.2 Å². The molecule has 2 aromatic rings. The van der Waals surface area contributed by atoms with Crippen molar-refractivity contribution in [1.29, 1.82) is 0 Å². The number of piperidine rings is 1. The standard InChI is InChI=1S/C19H30N4S/c1-15(2)23-13-18(11-21-23)16(3)20-10-17-6-4-8-22(12-17)14-19-7-5-9-24-19/h5,7,9,11,13,15-17,20H,4,6,8,10,12,14H2,1-3H3/t16-,17+/m0/s1. The van der Waals surface area contributed by atoms with Gasteiger partial charge in [-0.2, -0.15) is 5.10 Å². The number of nitrogens with one attached hydrogen (secondary N) is 1. The van der Waals surface area contributed by atoms with E-state index >= 15 is 0 Å². The zero-order chi connectivity index (χ0) is 16.9. The number of likely N-dealkylation sites (tertiary alicyclic amines) is 1. The highest BCUT2D eigenvalue weighted by Gasteiger charge is 2.21. The van der Waals surface area contributed by atoms with E-state index in [-0.39, 0.29) is 0 Å². The van der Waals surface area contributed by atoms with Gasteiger partial charge in [-0.25, -0.2) is 0 Å². The maximum Gasteiger partial charge on any atom is 0.0537 e. The van der Waals surface area contributed by atoms with Crippen molar-refractivity contribution in [3.05, 3.63) is 40.3 Å². The maximum absolute atomic E-state index is 4.45. The van der Waals surface area contributed by atoms with Crippen LogP contribution >= 0.6 is 11.3 Å². The van der Waals surface area contributed by atoms with E-state index in [4.69, 9.17) is 0 Å². The smallest absolute Gasteiger partial charge is 0.0537 e. The number of hydrogen-bond acceptors (Lipinski definition) is 4. The van der Waals surface area contributed by atoms with Crippen LogP contribution < -0.4 is 5.32 Å². The molecule has 0 bridgehead atoms. The van der Waals surface area contributed by atoms with Gasteiger partial charge in [-0.1, -0.05) is 6.07 Å². The van der Waals surface area contributed by atoms with Crippen LogP contribution in [0.2, 0.25) is 0 Å². The largest absolute Gasteiger partial charge is 0.310 e. The molecule has 1 fully saturated rings. The first-order valence-corrected chi connectivity index (χ1v) is 10.0. The van der Waals surface area contributed by atoms with Crippen LogP contribution in [-0.4, -0.2) is 34.3 Å². The van der Waals surface area contributed by atoms with E-state index < -0.39 is 0 Å². The van der Waals surface area contributed by atoms with Crippen LogP contribution in [-0.2, 0) is 6.54 Å². The fraction of sp³-hybridized carbons (Fsp3) is 0.632. The van der Waals surface area contributed by atoms with Crippen molar-refractivity contribution in [1.82, 2.24) is 20.0 Å². The van der Waals surface area contributed by atoms with E-state index in [1.165, 1.54) is 36.4 Å². The SMILES string of the molecule is CC(C)n1cc([C@H](C)NC[C@H]2CCCN(Cc3cccs3)C2)cn1. The Labute approximate surface area is 149 Å². The molecule has 0 unspecified atom stereocenters. The highest BCUT2D eigenvalue weighted by atomic mass is 32.1. The van der Waals surface area contributed by atoms with Crippen LogP contribution in [0.5, 0.6) is 0 Å².